The second kappa shape index (κ2) is 10.5. The van der Waals surface area contributed by atoms with E-state index in [1.54, 1.807) is 60.8 Å². The van der Waals surface area contributed by atoms with Gasteiger partial charge in [-0.2, -0.15) is 0 Å². The Balaban J connectivity index is 1.51. The molecule has 0 unspecified atom stereocenters. The maximum Gasteiger partial charge on any atom is 0.270 e. The van der Waals surface area contributed by atoms with Crippen molar-refractivity contribution in [1.82, 2.24) is 15.2 Å². The number of hydrogen-bond donors (Lipinski definition) is 1. The van der Waals surface area contributed by atoms with Crippen molar-refractivity contribution in [2.75, 3.05) is 38.2 Å². The molecule has 1 N–H and O–H groups in total. The van der Waals surface area contributed by atoms with Crippen molar-refractivity contribution in [3.05, 3.63) is 95.9 Å². The van der Waals surface area contributed by atoms with E-state index in [1.807, 2.05) is 36.4 Å². The summed E-state index contributed by atoms with van der Waals surface area (Å²) in [7, 11) is 1.66. The molecule has 0 atom stereocenters. The average molecular weight is 443 g/mol. The smallest absolute Gasteiger partial charge is 0.270 e. The minimum atomic E-state index is -0.327. The first kappa shape index (κ1) is 22.1. The Morgan fingerprint density at radius 1 is 0.939 bits per heavy atom. The molecule has 3 aromatic rings. The summed E-state index contributed by atoms with van der Waals surface area (Å²) in [5.74, 6) is 0.263. The van der Waals surface area contributed by atoms with Crippen LogP contribution in [0, 0.1) is 0 Å². The lowest BCUT2D eigenvalue weighted by atomic mass is 10.1. The molecule has 1 saturated heterocycles. The highest BCUT2D eigenvalue weighted by Gasteiger charge is 2.26. The fourth-order valence-corrected chi connectivity index (χ4v) is 3.78. The molecule has 0 saturated carbocycles. The third-order valence-corrected chi connectivity index (χ3v) is 5.50. The number of para-hydroxylation sites is 2. The predicted octanol–water partition coefficient (Wildman–Crippen LogP) is 3.21. The standard InChI is InChI=1S/C26H26N4O3/c1-33-24-12-6-5-11-23(24)29-14-16-30(17-15-29)26(32)22(18-20-8-7-13-27-19-20)28-25(31)21-9-3-2-4-10-21/h2-13,18-19H,14-17H2,1H3,(H,28,31)/b22-18-. The van der Waals surface area contributed by atoms with Crippen molar-refractivity contribution < 1.29 is 14.3 Å². The molecule has 1 aliphatic heterocycles. The Morgan fingerprint density at radius 3 is 2.36 bits per heavy atom. The van der Waals surface area contributed by atoms with E-state index in [4.69, 9.17) is 4.74 Å². The molecule has 0 radical (unpaired) electrons. The van der Waals surface area contributed by atoms with Crippen LogP contribution in [-0.2, 0) is 4.79 Å². The second-order valence-corrected chi connectivity index (χ2v) is 7.62. The van der Waals surface area contributed by atoms with Gasteiger partial charge in [0.05, 0.1) is 12.8 Å². The molecule has 2 amide bonds. The number of carbonyl (C=O) groups excluding carboxylic acids is 2. The van der Waals surface area contributed by atoms with Crippen molar-refractivity contribution in [2.45, 2.75) is 0 Å². The van der Waals surface area contributed by atoms with Crippen LogP contribution >= 0.6 is 0 Å². The fraction of sp³-hybridized carbons (Fsp3) is 0.192. The van der Waals surface area contributed by atoms with E-state index >= 15 is 0 Å². The molecular weight excluding hydrogens is 416 g/mol. The van der Waals surface area contributed by atoms with Crippen molar-refractivity contribution in [3.63, 3.8) is 0 Å². The third-order valence-electron chi connectivity index (χ3n) is 5.50. The molecule has 7 heteroatoms. The number of pyridine rings is 1. The molecule has 33 heavy (non-hydrogen) atoms. The summed E-state index contributed by atoms with van der Waals surface area (Å²) < 4.78 is 5.48. The van der Waals surface area contributed by atoms with E-state index in [0.717, 1.165) is 17.0 Å². The molecule has 1 aliphatic rings. The molecule has 4 rings (SSSR count). The normalized spacial score (nSPS) is 14.0. The zero-order valence-corrected chi connectivity index (χ0v) is 18.5. The Hall–Kier alpha value is -4.13. The molecule has 1 aromatic heterocycles. The lowest BCUT2D eigenvalue weighted by Crippen LogP contribution is -2.50. The average Bonchev–Trinajstić information content (AvgIpc) is 2.89. The molecular formula is C26H26N4O3. The van der Waals surface area contributed by atoms with Crippen molar-refractivity contribution in [3.8, 4) is 5.75 Å². The SMILES string of the molecule is COc1ccccc1N1CCN(C(=O)/C(=C/c2cccnc2)NC(=O)c2ccccc2)CC1. The first-order valence-electron chi connectivity index (χ1n) is 10.8. The number of ether oxygens (including phenoxy) is 1. The number of aromatic nitrogens is 1. The quantitative estimate of drug-likeness (QED) is 0.594. The summed E-state index contributed by atoms with van der Waals surface area (Å²) in [5, 5.41) is 2.81. The fourth-order valence-electron chi connectivity index (χ4n) is 3.78. The van der Waals surface area contributed by atoms with Crippen molar-refractivity contribution in [2.24, 2.45) is 0 Å². The lowest BCUT2D eigenvalue weighted by Gasteiger charge is -2.37. The summed E-state index contributed by atoms with van der Waals surface area (Å²) in [5.41, 5.74) is 2.46. The van der Waals surface area contributed by atoms with Crippen LogP contribution in [0.5, 0.6) is 5.75 Å². The van der Waals surface area contributed by atoms with Gasteiger partial charge in [0.15, 0.2) is 0 Å². The summed E-state index contributed by atoms with van der Waals surface area (Å²) in [6.07, 6.45) is 4.99. The van der Waals surface area contributed by atoms with Gasteiger partial charge in [0.2, 0.25) is 0 Å². The molecule has 0 bridgehead atoms. The summed E-state index contributed by atoms with van der Waals surface area (Å²) >= 11 is 0. The van der Waals surface area contributed by atoms with Crippen LogP contribution < -0.4 is 15.0 Å². The number of hydrogen-bond acceptors (Lipinski definition) is 5. The van der Waals surface area contributed by atoms with Crippen LogP contribution in [-0.4, -0.2) is 55.0 Å². The summed E-state index contributed by atoms with van der Waals surface area (Å²) in [6.45, 7) is 2.39. The lowest BCUT2D eigenvalue weighted by molar-refractivity contribution is -0.127. The zero-order chi connectivity index (χ0) is 23.0. The highest BCUT2D eigenvalue weighted by atomic mass is 16.5. The van der Waals surface area contributed by atoms with E-state index < -0.39 is 0 Å². The van der Waals surface area contributed by atoms with Gasteiger partial charge in [-0.25, -0.2) is 0 Å². The molecule has 2 aromatic carbocycles. The number of nitrogens with one attached hydrogen (secondary N) is 1. The Bertz CT molecular complexity index is 1120. The van der Waals surface area contributed by atoms with Gasteiger partial charge >= 0.3 is 0 Å². The van der Waals surface area contributed by atoms with E-state index in [9.17, 15) is 9.59 Å². The number of rotatable bonds is 6. The van der Waals surface area contributed by atoms with Crippen LogP contribution in [0.3, 0.4) is 0 Å². The minimum Gasteiger partial charge on any atom is -0.495 e. The maximum atomic E-state index is 13.4. The summed E-state index contributed by atoms with van der Waals surface area (Å²) in [6, 6.07) is 20.3. The molecule has 2 heterocycles. The number of carbonyl (C=O) groups is 2. The van der Waals surface area contributed by atoms with E-state index in [0.29, 0.717) is 31.7 Å². The van der Waals surface area contributed by atoms with E-state index in [-0.39, 0.29) is 17.5 Å². The molecule has 0 aliphatic carbocycles. The Labute approximate surface area is 193 Å². The Morgan fingerprint density at radius 2 is 1.67 bits per heavy atom. The highest BCUT2D eigenvalue weighted by Crippen LogP contribution is 2.28. The Kier molecular flexibility index (Phi) is 6.99. The van der Waals surface area contributed by atoms with Gasteiger partial charge in [-0.05, 0) is 42.0 Å². The third kappa shape index (κ3) is 5.38. The van der Waals surface area contributed by atoms with Crippen LogP contribution in [0.2, 0.25) is 0 Å². The number of piperazine rings is 1. The molecule has 0 spiro atoms. The van der Waals surface area contributed by atoms with Gasteiger partial charge in [-0.3, -0.25) is 14.6 Å². The van der Waals surface area contributed by atoms with Gasteiger partial charge in [-0.15, -0.1) is 0 Å². The first-order chi connectivity index (χ1) is 16.2. The number of anilines is 1. The van der Waals surface area contributed by atoms with E-state index in [1.165, 1.54) is 0 Å². The number of methoxy groups -OCH3 is 1. The molecule has 1 fully saturated rings. The molecule has 7 nitrogen and oxygen atoms in total. The number of nitrogens with zero attached hydrogens (tertiary/aromatic N) is 3. The number of benzene rings is 2. The zero-order valence-electron chi connectivity index (χ0n) is 18.5. The van der Waals surface area contributed by atoms with Gasteiger partial charge in [0.1, 0.15) is 11.4 Å². The van der Waals surface area contributed by atoms with Crippen LogP contribution in [0.15, 0.2) is 84.8 Å². The van der Waals surface area contributed by atoms with Gasteiger partial charge in [0.25, 0.3) is 11.8 Å². The van der Waals surface area contributed by atoms with Crippen LogP contribution in [0.4, 0.5) is 5.69 Å². The predicted molar refractivity (Wildman–Crippen MR) is 128 cm³/mol. The van der Waals surface area contributed by atoms with Gasteiger partial charge in [-0.1, -0.05) is 36.4 Å². The molecule has 168 valence electrons. The topological polar surface area (TPSA) is 74.8 Å². The maximum absolute atomic E-state index is 13.4. The highest BCUT2D eigenvalue weighted by molar-refractivity contribution is 6.05. The summed E-state index contributed by atoms with van der Waals surface area (Å²) in [4.78, 5) is 34.3. The van der Waals surface area contributed by atoms with Crippen LogP contribution in [0.25, 0.3) is 6.08 Å². The van der Waals surface area contributed by atoms with Gasteiger partial charge in [0, 0.05) is 44.1 Å². The monoisotopic (exact) mass is 442 g/mol. The van der Waals surface area contributed by atoms with Gasteiger partial charge < -0.3 is 19.9 Å². The number of amides is 2. The van der Waals surface area contributed by atoms with E-state index in [2.05, 4.69) is 15.2 Å². The second-order valence-electron chi connectivity index (χ2n) is 7.62. The largest absolute Gasteiger partial charge is 0.495 e. The first-order valence-corrected chi connectivity index (χ1v) is 10.8. The minimum absolute atomic E-state index is 0.220. The van der Waals surface area contributed by atoms with Crippen molar-refractivity contribution in [1.29, 1.82) is 0 Å². The van der Waals surface area contributed by atoms with Crippen LogP contribution in [0.1, 0.15) is 15.9 Å². The van der Waals surface area contributed by atoms with Crippen molar-refractivity contribution >= 4 is 23.6 Å².